The monoisotopic (exact) mass is 2060 g/mol. The molecule has 0 radical (unpaired) electrons. The molecule has 48 nitrogen and oxygen atoms in total. The summed E-state index contributed by atoms with van der Waals surface area (Å²) >= 11 is 0. The number of carboxylic acids is 3. The summed E-state index contributed by atoms with van der Waals surface area (Å²) in [6, 6.07) is 0.698. The van der Waals surface area contributed by atoms with Crippen LogP contribution in [-0.2, 0) is 134 Å². The Labute approximate surface area is 839 Å². The van der Waals surface area contributed by atoms with Crippen LogP contribution < -0.4 is 84.9 Å². The number of amides is 14. The third-order valence-electron chi connectivity index (χ3n) is 21.8. The SMILES string of the molecule is CC(=O)NC(O)(CC(=O)O)C(=O)N[C@H]1CSSC[C@@H](C(=O)N[C@H](C(=O)O)[C@@H](C)O)NC(=O)[C@H](Cc2c[nH]c3ccccc23)NC(=O)[C@H](C(C)C)NC(=O)[C@H](CC(C)C)NC(=O)C(CCC(=O)O)NC(=O)CNC(=O)[C@H](CC(C)C)NC(=O)[C@H](CCCCNC(=O)OCc2ccc(OC(=O)CCOCCOCCOCCOCCOCCOCCN)cc2)NC(=O)[C@H](Cc2c[nH]c3ccccc23)NC(=O)[C@H](C)NC1=O. The molecule has 0 saturated carbocycles. The lowest BCUT2D eigenvalue weighted by molar-refractivity contribution is -0.159. The highest BCUT2D eigenvalue weighted by Gasteiger charge is 2.44. The zero-order valence-corrected chi connectivity index (χ0v) is 83.6. The molecule has 0 spiro atoms. The molecule has 3 heterocycles. The van der Waals surface area contributed by atoms with Crippen molar-refractivity contribution in [3.63, 3.8) is 0 Å². The van der Waals surface area contributed by atoms with Crippen molar-refractivity contribution in [3.8, 4) is 5.75 Å². The standard InChI is InChI=1S/C94H137N17O31S2/c1-53(2)42-69-82(121)99-49-75(114)101-68(25-26-76(115)116)84(123)105-70(43-54(3)4)87(126)109-79(55(5)6)90(129)106-72(45-61-48-98-66-19-13-11-17-64(61)66)86(125)107-73(89(128)110-80(57(8)112)91(130)131)51-143-144-52-74(108-92(132)94(134,46-77(117)118)111-58(9)113)88(127)100-56(7)81(120)103-71(44-60-47-97-65-18-12-10-16-63(60)65)85(124)102-67(83(122)104-69)20-14-15-29-96-93(133)141-50-59-21-23-62(24-22-59)142-78(119)27-30-135-32-34-137-36-38-139-40-41-140-39-37-138-35-33-136-31-28-95/h10-13,16-19,21-24,47-48,53-57,67-74,79-80,97-98,112,134H,14-15,20,25-46,49-52,95H2,1-9H3,(H,96,133)(H,99,121)(H,100,127)(H,101,114)(H,102,124)(H,103,120)(H,104,122)(H,105,123)(H,106,129)(H,107,125)(H,108,132)(H,109,126)(H,110,128)(H,111,113)(H,115,116)(H,117,118)(H,130,131)/t56-,57+,67-,68?,69-,70-,71-,72-,73-,74-,79-,80-,94?/m0/s1. The second-order valence-electron chi connectivity index (χ2n) is 35.1. The molecule has 3 aromatic carbocycles. The average Bonchev–Trinajstić information content (AvgIpc) is 1.67. The number of carbonyl (C=O) groups is 18. The second-order valence-corrected chi connectivity index (χ2v) is 37.6. The van der Waals surface area contributed by atoms with E-state index in [-0.39, 0.29) is 90.1 Å². The fraction of sp³-hybridized carbons (Fsp3) is 0.574. The fourth-order valence-corrected chi connectivity index (χ4v) is 16.7. The number of aromatic amines is 2. The Morgan fingerprint density at radius 2 is 1.01 bits per heavy atom. The summed E-state index contributed by atoms with van der Waals surface area (Å²) in [6.07, 6.45) is -3.62. The lowest BCUT2D eigenvalue weighted by atomic mass is 9.98. The number of carbonyl (C=O) groups excluding carboxylic acids is 15. The van der Waals surface area contributed by atoms with E-state index in [1.54, 1.807) is 88.4 Å². The molecule has 2 unspecified atom stereocenters. The number of benzene rings is 3. The van der Waals surface area contributed by atoms with Crippen molar-refractivity contribution in [2.24, 2.45) is 23.5 Å². The number of alkyl carbamates (subject to hydrolysis) is 1. The number of aliphatic carboxylic acids is 3. The summed E-state index contributed by atoms with van der Waals surface area (Å²) in [5.41, 5.74) is 4.58. The summed E-state index contributed by atoms with van der Waals surface area (Å²) in [6.45, 7) is 16.2. The molecule has 796 valence electrons. The van der Waals surface area contributed by atoms with Crippen molar-refractivity contribution in [2.75, 3.05) is 110 Å². The van der Waals surface area contributed by atoms with Crippen LogP contribution in [0.3, 0.4) is 0 Å². The molecule has 23 N–H and O–H groups in total. The Balaban J connectivity index is 1.30. The number of carboxylic acid groups (broad SMARTS) is 3. The summed E-state index contributed by atoms with van der Waals surface area (Å²) in [4.78, 5) is 259. The summed E-state index contributed by atoms with van der Waals surface area (Å²) < 4.78 is 43.5. The molecule has 0 bridgehead atoms. The van der Waals surface area contributed by atoms with Gasteiger partial charge in [-0.1, -0.05) is 112 Å². The first-order chi connectivity index (χ1) is 68.5. The van der Waals surface area contributed by atoms with E-state index in [1.807, 2.05) is 5.32 Å². The quantitative estimate of drug-likeness (QED) is 0.00740. The molecule has 1 aliphatic rings. The molecule has 0 aliphatic carbocycles. The maximum absolute atomic E-state index is 15.3. The third-order valence-corrected chi connectivity index (χ3v) is 24.2. The smallest absolute Gasteiger partial charge is 0.407 e. The highest BCUT2D eigenvalue weighted by molar-refractivity contribution is 8.76. The maximum atomic E-state index is 15.3. The predicted octanol–water partition coefficient (Wildman–Crippen LogP) is -0.873. The number of hydrogen-bond acceptors (Lipinski definition) is 31. The van der Waals surface area contributed by atoms with E-state index in [0.29, 0.717) is 126 Å². The number of aliphatic hydroxyl groups is 2. The van der Waals surface area contributed by atoms with Gasteiger partial charge in [-0.3, -0.25) is 76.7 Å². The van der Waals surface area contributed by atoms with Gasteiger partial charge in [0, 0.05) is 85.0 Å². The lowest BCUT2D eigenvalue weighted by Gasteiger charge is -2.29. The minimum Gasteiger partial charge on any atom is -0.481 e. The molecule has 50 heteroatoms. The van der Waals surface area contributed by atoms with Gasteiger partial charge in [-0.25, -0.2) is 9.59 Å². The lowest BCUT2D eigenvalue weighted by Crippen LogP contribution is -2.63. The van der Waals surface area contributed by atoms with Gasteiger partial charge in [-0.15, -0.1) is 0 Å². The van der Waals surface area contributed by atoms with Crippen LogP contribution in [0.4, 0.5) is 4.79 Å². The highest BCUT2D eigenvalue weighted by atomic mass is 33.1. The number of nitrogens with one attached hydrogen (secondary N) is 16. The van der Waals surface area contributed by atoms with Crippen LogP contribution >= 0.6 is 21.6 Å². The number of fused-ring (bicyclic) bond motifs is 2. The van der Waals surface area contributed by atoms with E-state index in [2.05, 4.69) is 79.1 Å². The number of H-pyrrole nitrogens is 2. The highest BCUT2D eigenvalue weighted by Crippen LogP contribution is 2.27. The van der Waals surface area contributed by atoms with Crippen LogP contribution in [0, 0.1) is 17.8 Å². The van der Waals surface area contributed by atoms with Crippen LogP contribution in [0.25, 0.3) is 21.8 Å². The third kappa shape index (κ3) is 43.9. The van der Waals surface area contributed by atoms with Crippen LogP contribution in [0.15, 0.2) is 85.2 Å². The van der Waals surface area contributed by atoms with Crippen molar-refractivity contribution >= 4 is 150 Å². The van der Waals surface area contributed by atoms with Gasteiger partial charge < -0.3 is 154 Å². The average molecular weight is 2070 g/mol. The minimum absolute atomic E-state index is 0.0161. The van der Waals surface area contributed by atoms with E-state index < -0.39 is 240 Å². The van der Waals surface area contributed by atoms with Gasteiger partial charge in [0.1, 0.15) is 79.2 Å². The largest absolute Gasteiger partial charge is 0.481 e. The topological polar surface area (TPSA) is 708 Å². The first kappa shape index (κ1) is 120. The Morgan fingerprint density at radius 3 is 1.52 bits per heavy atom. The van der Waals surface area contributed by atoms with Gasteiger partial charge >= 0.3 is 30.0 Å². The van der Waals surface area contributed by atoms with Crippen molar-refractivity contribution in [1.82, 2.24) is 84.4 Å². The molecule has 1 aliphatic heterocycles. The number of para-hydroxylation sites is 2. The molecular formula is C94H137N17O31S2. The molecule has 1 saturated heterocycles. The number of aliphatic hydroxyl groups excluding tert-OH is 1. The number of aromatic nitrogens is 2. The van der Waals surface area contributed by atoms with Crippen molar-refractivity contribution in [1.29, 1.82) is 0 Å². The molecule has 1 fully saturated rings. The number of nitrogens with two attached hydrogens (primary N) is 1. The number of esters is 1. The van der Waals surface area contributed by atoms with E-state index in [4.69, 9.17) is 43.6 Å². The Kier molecular flexibility index (Phi) is 52.9. The van der Waals surface area contributed by atoms with Crippen LogP contribution in [0.1, 0.15) is 137 Å². The summed E-state index contributed by atoms with van der Waals surface area (Å²) in [5, 5.41) is 87.6. The molecule has 13 atom stereocenters. The van der Waals surface area contributed by atoms with Crippen LogP contribution in [0.5, 0.6) is 5.75 Å². The fourth-order valence-electron chi connectivity index (χ4n) is 14.4. The normalized spacial score (nSPS) is 20.4. The summed E-state index contributed by atoms with van der Waals surface area (Å²) in [5.74, 6) is -23.1. The first-order valence-corrected chi connectivity index (χ1v) is 49.7. The van der Waals surface area contributed by atoms with Gasteiger partial charge in [0.05, 0.1) is 98.4 Å². The number of ether oxygens (including phenoxy) is 8. The Hall–Kier alpha value is -12.7. The van der Waals surface area contributed by atoms with Gasteiger partial charge in [-0.2, -0.15) is 0 Å². The number of unbranched alkanes of at least 4 members (excludes halogenated alkanes) is 1. The zero-order valence-electron chi connectivity index (χ0n) is 82.0. The Bertz CT molecular complexity index is 5050. The summed E-state index contributed by atoms with van der Waals surface area (Å²) in [7, 11) is 1.29. The molecule has 144 heavy (non-hydrogen) atoms. The van der Waals surface area contributed by atoms with Gasteiger partial charge in [0.2, 0.25) is 76.6 Å². The molecule has 14 amide bonds. The van der Waals surface area contributed by atoms with Crippen molar-refractivity contribution in [3.05, 3.63) is 102 Å². The number of rotatable bonds is 49. The molecular weight excluding hydrogens is 1930 g/mol. The second kappa shape index (κ2) is 63.5. The Morgan fingerprint density at radius 1 is 0.521 bits per heavy atom. The first-order valence-electron chi connectivity index (χ1n) is 47.2. The van der Waals surface area contributed by atoms with E-state index >= 15 is 14.4 Å². The molecule has 2 aromatic heterocycles. The van der Waals surface area contributed by atoms with Crippen molar-refractivity contribution in [2.45, 2.75) is 218 Å². The van der Waals surface area contributed by atoms with Crippen molar-refractivity contribution < 1.29 is 150 Å². The minimum atomic E-state index is -3.28. The van der Waals surface area contributed by atoms with E-state index in [0.717, 1.165) is 20.8 Å². The van der Waals surface area contributed by atoms with Gasteiger partial charge in [0.25, 0.3) is 5.91 Å². The molecule has 5 aromatic rings. The van der Waals surface area contributed by atoms with Crippen LogP contribution in [-0.4, -0.2) is 331 Å². The zero-order chi connectivity index (χ0) is 106. The van der Waals surface area contributed by atoms with Gasteiger partial charge in [-0.05, 0) is 111 Å². The van der Waals surface area contributed by atoms with Crippen LogP contribution in [0.2, 0.25) is 0 Å². The molecule has 6 rings (SSSR count). The number of hydrogen-bond donors (Lipinski definition) is 22. The van der Waals surface area contributed by atoms with E-state index in [1.165, 1.54) is 38.4 Å². The predicted molar refractivity (Wildman–Crippen MR) is 522 cm³/mol. The van der Waals surface area contributed by atoms with E-state index in [9.17, 15) is 97.5 Å². The van der Waals surface area contributed by atoms with Gasteiger partial charge in [0.15, 0.2) is 6.04 Å². The maximum Gasteiger partial charge on any atom is 0.407 e.